The number of benzene rings is 1. The molecule has 8 nitrogen and oxygen atoms in total. The van der Waals surface area contributed by atoms with E-state index in [1.807, 2.05) is 12.3 Å². The Labute approximate surface area is 161 Å². The van der Waals surface area contributed by atoms with Gasteiger partial charge >= 0.3 is 0 Å². The van der Waals surface area contributed by atoms with Gasteiger partial charge in [0.05, 0.1) is 13.2 Å². The maximum Gasteiger partial charge on any atom is 0.158 e. The molecule has 3 heterocycles. The van der Waals surface area contributed by atoms with E-state index in [9.17, 15) is 9.50 Å². The van der Waals surface area contributed by atoms with Gasteiger partial charge in [-0.1, -0.05) is 0 Å². The number of piperidine rings is 1. The molecule has 1 aromatic carbocycles. The Bertz CT molecular complexity index is 978. The van der Waals surface area contributed by atoms with Gasteiger partial charge in [0.15, 0.2) is 5.82 Å². The predicted octanol–water partition coefficient (Wildman–Crippen LogP) is 1.51. The van der Waals surface area contributed by atoms with Crippen molar-refractivity contribution in [3.05, 3.63) is 48.2 Å². The number of aliphatic hydroxyl groups excluding tert-OH is 1. The standard InChI is InChI=1S/C19H23FN6O2/c1-28-15-7-13(20)6-14(8-15)24-19-18-12(2-5-26(18)23-11-22-19)9-25-4-3-16(21)17(27)10-25/h2,5-8,11,16-17,27H,3-4,9-10,21H2,1H3,(H,22,23,24)/t16-,17+/m1/s1. The van der Waals surface area contributed by atoms with Gasteiger partial charge in [-0.05, 0) is 24.1 Å². The summed E-state index contributed by atoms with van der Waals surface area (Å²) in [6, 6.07) is 6.20. The first kappa shape index (κ1) is 18.6. The molecule has 2 aromatic heterocycles. The van der Waals surface area contributed by atoms with Crippen molar-refractivity contribution in [3.8, 4) is 5.75 Å². The average Bonchev–Trinajstić information content (AvgIpc) is 3.08. The van der Waals surface area contributed by atoms with Crippen molar-refractivity contribution in [2.75, 3.05) is 25.5 Å². The Morgan fingerprint density at radius 2 is 2.25 bits per heavy atom. The fourth-order valence-electron chi connectivity index (χ4n) is 3.53. The number of hydrogen-bond acceptors (Lipinski definition) is 7. The summed E-state index contributed by atoms with van der Waals surface area (Å²) < 4.78 is 20.7. The van der Waals surface area contributed by atoms with Crippen LogP contribution in [0.4, 0.5) is 15.9 Å². The number of likely N-dealkylation sites (tertiary alicyclic amines) is 1. The van der Waals surface area contributed by atoms with Gasteiger partial charge in [0.1, 0.15) is 23.4 Å². The van der Waals surface area contributed by atoms with Gasteiger partial charge < -0.3 is 20.9 Å². The summed E-state index contributed by atoms with van der Waals surface area (Å²) in [6.45, 7) is 1.97. The van der Waals surface area contributed by atoms with Gasteiger partial charge in [-0.3, -0.25) is 4.90 Å². The van der Waals surface area contributed by atoms with Crippen LogP contribution < -0.4 is 15.8 Å². The topological polar surface area (TPSA) is 101 Å². The van der Waals surface area contributed by atoms with E-state index in [1.54, 1.807) is 10.6 Å². The lowest BCUT2D eigenvalue weighted by Gasteiger charge is -2.33. The number of nitrogens with two attached hydrogens (primary N) is 1. The van der Waals surface area contributed by atoms with E-state index in [-0.39, 0.29) is 6.04 Å². The van der Waals surface area contributed by atoms with Crippen molar-refractivity contribution >= 4 is 17.0 Å². The fourth-order valence-corrected chi connectivity index (χ4v) is 3.53. The highest BCUT2D eigenvalue weighted by molar-refractivity contribution is 5.76. The molecule has 1 saturated heterocycles. The zero-order chi connectivity index (χ0) is 19.7. The maximum absolute atomic E-state index is 13.8. The van der Waals surface area contributed by atoms with Crippen LogP contribution in [0.25, 0.3) is 5.52 Å². The second-order valence-electron chi connectivity index (χ2n) is 7.00. The molecule has 0 bridgehead atoms. The maximum atomic E-state index is 13.8. The number of fused-ring (bicyclic) bond motifs is 1. The van der Waals surface area contributed by atoms with Gasteiger partial charge in [0.25, 0.3) is 0 Å². The van der Waals surface area contributed by atoms with Crippen LogP contribution in [0.5, 0.6) is 5.75 Å². The predicted molar refractivity (Wildman–Crippen MR) is 103 cm³/mol. The van der Waals surface area contributed by atoms with Gasteiger partial charge in [-0.25, -0.2) is 13.9 Å². The van der Waals surface area contributed by atoms with Crippen molar-refractivity contribution in [2.45, 2.75) is 25.1 Å². The molecule has 1 aliphatic rings. The second kappa shape index (κ2) is 7.70. The van der Waals surface area contributed by atoms with E-state index < -0.39 is 11.9 Å². The van der Waals surface area contributed by atoms with E-state index in [0.717, 1.165) is 24.0 Å². The van der Waals surface area contributed by atoms with Crippen molar-refractivity contribution in [1.82, 2.24) is 19.5 Å². The zero-order valence-electron chi connectivity index (χ0n) is 15.5. The summed E-state index contributed by atoms with van der Waals surface area (Å²) in [4.78, 5) is 6.50. The number of nitrogens with zero attached hydrogens (tertiary/aromatic N) is 4. The van der Waals surface area contributed by atoms with E-state index in [1.165, 1.54) is 25.6 Å². The van der Waals surface area contributed by atoms with Crippen LogP contribution in [0.2, 0.25) is 0 Å². The number of rotatable bonds is 5. The Balaban J connectivity index is 1.63. The number of aromatic nitrogens is 3. The molecule has 3 aromatic rings. The van der Waals surface area contributed by atoms with Gasteiger partial charge in [-0.15, -0.1) is 0 Å². The number of anilines is 2. The molecule has 0 unspecified atom stereocenters. The molecule has 9 heteroatoms. The molecule has 1 aliphatic heterocycles. The first-order chi connectivity index (χ1) is 13.5. The van der Waals surface area contributed by atoms with E-state index in [0.29, 0.717) is 30.3 Å². The third-order valence-corrected chi connectivity index (χ3v) is 5.02. The summed E-state index contributed by atoms with van der Waals surface area (Å²) in [6.07, 6.45) is 3.52. The molecule has 0 saturated carbocycles. The molecule has 1 fully saturated rings. The fraction of sp³-hybridized carbons (Fsp3) is 0.368. The molecule has 0 aliphatic carbocycles. The van der Waals surface area contributed by atoms with E-state index in [2.05, 4.69) is 20.3 Å². The average molecular weight is 386 g/mol. The van der Waals surface area contributed by atoms with Crippen LogP contribution in [0.15, 0.2) is 36.8 Å². The van der Waals surface area contributed by atoms with Crippen LogP contribution in [-0.4, -0.2) is 56.9 Å². The highest BCUT2D eigenvalue weighted by Gasteiger charge is 2.25. The van der Waals surface area contributed by atoms with E-state index >= 15 is 0 Å². The molecule has 4 N–H and O–H groups in total. The minimum Gasteiger partial charge on any atom is -0.497 e. The van der Waals surface area contributed by atoms with E-state index in [4.69, 9.17) is 10.5 Å². The van der Waals surface area contributed by atoms with Crippen LogP contribution in [0.1, 0.15) is 12.0 Å². The van der Waals surface area contributed by atoms with Crippen LogP contribution in [-0.2, 0) is 6.54 Å². The number of ether oxygens (including phenoxy) is 1. The summed E-state index contributed by atoms with van der Waals surface area (Å²) in [7, 11) is 1.49. The highest BCUT2D eigenvalue weighted by atomic mass is 19.1. The van der Waals surface area contributed by atoms with Crippen LogP contribution in [0.3, 0.4) is 0 Å². The normalized spacial score (nSPS) is 20.4. The molecular formula is C19H23FN6O2. The largest absolute Gasteiger partial charge is 0.497 e. The van der Waals surface area contributed by atoms with Crippen molar-refractivity contribution in [3.63, 3.8) is 0 Å². The lowest BCUT2D eigenvalue weighted by molar-refractivity contribution is 0.0501. The number of hydrogen-bond donors (Lipinski definition) is 3. The summed E-state index contributed by atoms with van der Waals surface area (Å²) in [5, 5.41) is 17.5. The molecular weight excluding hydrogens is 363 g/mol. The molecule has 0 radical (unpaired) electrons. The number of halogens is 1. The SMILES string of the molecule is COc1cc(F)cc(Nc2ncnn3ccc(CN4CC[C@@H](N)[C@@H](O)C4)c23)c1. The van der Waals surface area contributed by atoms with Gasteiger partial charge in [0.2, 0.25) is 0 Å². The van der Waals surface area contributed by atoms with Crippen molar-refractivity contribution in [2.24, 2.45) is 5.73 Å². The van der Waals surface area contributed by atoms with Gasteiger partial charge in [0, 0.05) is 49.7 Å². The monoisotopic (exact) mass is 386 g/mol. The minimum atomic E-state index is -0.531. The lowest BCUT2D eigenvalue weighted by Crippen LogP contribution is -2.50. The number of β-amino-alcohol motifs (C(OH)–C–C–N with tert-alkyl or cyclic N) is 1. The summed E-state index contributed by atoms with van der Waals surface area (Å²) >= 11 is 0. The molecule has 0 amide bonds. The summed E-state index contributed by atoms with van der Waals surface area (Å²) in [5.74, 6) is 0.583. The third-order valence-electron chi connectivity index (χ3n) is 5.02. The first-order valence-corrected chi connectivity index (χ1v) is 9.12. The van der Waals surface area contributed by atoms with Crippen molar-refractivity contribution in [1.29, 1.82) is 0 Å². The van der Waals surface area contributed by atoms with Crippen LogP contribution in [0, 0.1) is 5.82 Å². The number of aliphatic hydroxyl groups is 1. The number of nitrogens with one attached hydrogen (secondary N) is 1. The molecule has 4 rings (SSSR count). The Morgan fingerprint density at radius 1 is 1.39 bits per heavy atom. The molecule has 28 heavy (non-hydrogen) atoms. The summed E-state index contributed by atoms with van der Waals surface area (Å²) in [5.41, 5.74) is 8.24. The Morgan fingerprint density at radius 3 is 3.04 bits per heavy atom. The van der Waals surface area contributed by atoms with Crippen molar-refractivity contribution < 1.29 is 14.2 Å². The lowest BCUT2D eigenvalue weighted by atomic mass is 10.0. The Kier molecular flexibility index (Phi) is 5.12. The van der Waals surface area contributed by atoms with Gasteiger partial charge in [-0.2, -0.15) is 5.10 Å². The minimum absolute atomic E-state index is 0.175. The van der Waals surface area contributed by atoms with Crippen LogP contribution >= 0.6 is 0 Å². The third kappa shape index (κ3) is 3.77. The smallest absolute Gasteiger partial charge is 0.158 e. The highest BCUT2D eigenvalue weighted by Crippen LogP contribution is 2.27. The molecule has 2 atom stereocenters. The number of methoxy groups -OCH3 is 1. The molecule has 0 spiro atoms. The Hall–Kier alpha value is -2.75. The molecule has 148 valence electrons. The quantitative estimate of drug-likeness (QED) is 0.611. The second-order valence-corrected chi connectivity index (χ2v) is 7.00. The first-order valence-electron chi connectivity index (χ1n) is 9.12. The zero-order valence-corrected chi connectivity index (χ0v) is 15.5.